The Balaban J connectivity index is 3.22. The maximum Gasteiger partial charge on any atom is 0.305 e. The summed E-state index contributed by atoms with van der Waals surface area (Å²) in [4.78, 5) is 11.7. The summed E-state index contributed by atoms with van der Waals surface area (Å²) in [6.45, 7) is 5.14. The highest BCUT2D eigenvalue weighted by molar-refractivity contribution is 5.69. The van der Waals surface area contributed by atoms with E-state index in [2.05, 4.69) is 26.0 Å². The summed E-state index contributed by atoms with van der Waals surface area (Å²) in [7, 11) is 0. The fourth-order valence-electron chi connectivity index (χ4n) is 3.49. The van der Waals surface area contributed by atoms with E-state index in [0.29, 0.717) is 13.0 Å². The molecule has 2 heteroatoms. The molecular weight excluding hydrogens is 344 g/mol. The van der Waals surface area contributed by atoms with Crippen LogP contribution in [-0.4, -0.2) is 12.6 Å². The van der Waals surface area contributed by atoms with Crippen molar-refractivity contribution in [2.24, 2.45) is 0 Å². The van der Waals surface area contributed by atoms with Gasteiger partial charge in [0.05, 0.1) is 6.61 Å². The smallest absolute Gasteiger partial charge is 0.305 e. The Morgan fingerprint density at radius 2 is 1.00 bits per heavy atom. The molecule has 0 rings (SSSR count). The van der Waals surface area contributed by atoms with Crippen LogP contribution in [0.4, 0.5) is 0 Å². The van der Waals surface area contributed by atoms with Gasteiger partial charge < -0.3 is 4.74 Å². The molecule has 0 heterocycles. The van der Waals surface area contributed by atoms with Crippen molar-refractivity contribution in [1.29, 1.82) is 0 Å². The van der Waals surface area contributed by atoms with Gasteiger partial charge in [0.2, 0.25) is 0 Å². The highest BCUT2D eigenvalue weighted by Gasteiger charge is 2.01. The minimum absolute atomic E-state index is 0.0137. The number of ether oxygens (including phenoxy) is 1. The van der Waals surface area contributed by atoms with Crippen molar-refractivity contribution >= 4 is 5.97 Å². The lowest BCUT2D eigenvalue weighted by Gasteiger charge is -2.05. The molecule has 0 aliphatic carbocycles. The van der Waals surface area contributed by atoms with Crippen LogP contribution in [0.15, 0.2) is 12.2 Å². The second-order valence-electron chi connectivity index (χ2n) is 8.32. The van der Waals surface area contributed by atoms with E-state index in [1.165, 1.54) is 103 Å². The Labute approximate surface area is 176 Å². The van der Waals surface area contributed by atoms with Crippen LogP contribution in [0, 0.1) is 0 Å². The van der Waals surface area contributed by atoms with Crippen LogP contribution in [0.1, 0.15) is 142 Å². The second-order valence-corrected chi connectivity index (χ2v) is 8.32. The van der Waals surface area contributed by atoms with Crippen molar-refractivity contribution in [2.45, 2.75) is 142 Å². The van der Waals surface area contributed by atoms with Gasteiger partial charge in [0.15, 0.2) is 0 Å². The summed E-state index contributed by atoms with van der Waals surface area (Å²) < 4.78 is 5.34. The van der Waals surface area contributed by atoms with Gasteiger partial charge >= 0.3 is 5.97 Å². The molecule has 0 atom stereocenters. The molecule has 0 radical (unpaired) electrons. The van der Waals surface area contributed by atoms with Crippen LogP contribution in [0.3, 0.4) is 0 Å². The molecule has 28 heavy (non-hydrogen) atoms. The van der Waals surface area contributed by atoms with E-state index in [1.807, 2.05) is 0 Å². The highest BCUT2D eigenvalue weighted by atomic mass is 16.5. The summed E-state index contributed by atoms with van der Waals surface area (Å²) in [6.07, 6.45) is 29.5. The average Bonchev–Trinajstić information content (AvgIpc) is 2.70. The fourth-order valence-corrected chi connectivity index (χ4v) is 3.49. The highest BCUT2D eigenvalue weighted by Crippen LogP contribution is 2.11. The van der Waals surface area contributed by atoms with Crippen molar-refractivity contribution in [3.63, 3.8) is 0 Å². The first-order valence-electron chi connectivity index (χ1n) is 12.6. The monoisotopic (exact) mass is 394 g/mol. The molecule has 0 saturated heterocycles. The van der Waals surface area contributed by atoms with E-state index in [0.717, 1.165) is 19.3 Å². The molecule has 0 unspecified atom stereocenters. The Morgan fingerprint density at radius 3 is 1.54 bits per heavy atom. The van der Waals surface area contributed by atoms with E-state index >= 15 is 0 Å². The lowest BCUT2D eigenvalue weighted by atomic mass is 10.1. The van der Waals surface area contributed by atoms with E-state index in [-0.39, 0.29) is 5.97 Å². The third kappa shape index (κ3) is 23.2. The Hall–Kier alpha value is -0.790. The van der Waals surface area contributed by atoms with Gasteiger partial charge in [-0.2, -0.15) is 0 Å². The Kier molecular flexibility index (Phi) is 23.6. The van der Waals surface area contributed by atoms with Gasteiger partial charge in [-0.25, -0.2) is 0 Å². The summed E-state index contributed by atoms with van der Waals surface area (Å²) >= 11 is 0. The Morgan fingerprint density at radius 1 is 0.571 bits per heavy atom. The number of carbonyl (C=O) groups excluding carboxylic acids is 1. The maximum absolute atomic E-state index is 11.7. The van der Waals surface area contributed by atoms with Crippen LogP contribution in [-0.2, 0) is 9.53 Å². The molecule has 0 bridgehead atoms. The first-order valence-corrected chi connectivity index (χ1v) is 12.6. The zero-order valence-electron chi connectivity index (χ0n) is 19.3. The molecule has 0 saturated carbocycles. The van der Waals surface area contributed by atoms with Gasteiger partial charge in [0.25, 0.3) is 0 Å². The Bertz CT molecular complexity index is 335. The largest absolute Gasteiger partial charge is 0.466 e. The summed E-state index contributed by atoms with van der Waals surface area (Å²) in [6, 6.07) is 0. The number of hydrogen-bond acceptors (Lipinski definition) is 2. The molecule has 0 aromatic carbocycles. The van der Waals surface area contributed by atoms with Gasteiger partial charge in [-0.1, -0.05) is 116 Å². The minimum Gasteiger partial charge on any atom is -0.466 e. The van der Waals surface area contributed by atoms with Crippen molar-refractivity contribution in [3.05, 3.63) is 12.2 Å². The first kappa shape index (κ1) is 27.2. The van der Waals surface area contributed by atoms with E-state index < -0.39 is 0 Å². The predicted molar refractivity (Wildman–Crippen MR) is 124 cm³/mol. The van der Waals surface area contributed by atoms with Gasteiger partial charge in [-0.15, -0.1) is 0 Å². The minimum atomic E-state index is -0.0137. The van der Waals surface area contributed by atoms with Gasteiger partial charge in [0.1, 0.15) is 0 Å². The normalized spacial score (nSPS) is 11.4. The topological polar surface area (TPSA) is 26.3 Å². The molecule has 0 fully saturated rings. The lowest BCUT2D eigenvalue weighted by molar-refractivity contribution is -0.143. The quantitative estimate of drug-likeness (QED) is 0.104. The fraction of sp³-hybridized carbons (Fsp3) is 0.885. The van der Waals surface area contributed by atoms with E-state index in [9.17, 15) is 4.79 Å². The van der Waals surface area contributed by atoms with Crippen molar-refractivity contribution in [3.8, 4) is 0 Å². The van der Waals surface area contributed by atoms with E-state index in [1.54, 1.807) is 0 Å². The third-order valence-corrected chi connectivity index (χ3v) is 5.40. The van der Waals surface area contributed by atoms with Gasteiger partial charge in [0, 0.05) is 6.42 Å². The number of allylic oxidation sites excluding steroid dienone is 2. The first-order chi connectivity index (χ1) is 13.8. The third-order valence-electron chi connectivity index (χ3n) is 5.40. The predicted octanol–water partition coefficient (Wildman–Crippen LogP) is 8.93. The number of unbranched alkanes of at least 4 members (excludes halogenated alkanes) is 16. The molecule has 0 aliphatic heterocycles. The van der Waals surface area contributed by atoms with Crippen LogP contribution in [0.25, 0.3) is 0 Å². The van der Waals surface area contributed by atoms with Crippen molar-refractivity contribution in [2.75, 3.05) is 6.61 Å². The van der Waals surface area contributed by atoms with Gasteiger partial charge in [-0.3, -0.25) is 4.79 Å². The van der Waals surface area contributed by atoms with Crippen LogP contribution >= 0.6 is 0 Å². The number of hydrogen-bond donors (Lipinski definition) is 0. The maximum atomic E-state index is 11.7. The standard InChI is InChI=1S/C26H50O2/c1-3-5-7-9-11-13-15-16-18-20-22-24-26(27)28-25-23-21-19-17-14-12-10-8-6-4-2/h16,18H,3-15,17,19-25H2,1-2H3. The van der Waals surface area contributed by atoms with E-state index in [4.69, 9.17) is 4.74 Å². The zero-order valence-corrected chi connectivity index (χ0v) is 19.3. The zero-order chi connectivity index (χ0) is 20.5. The summed E-state index contributed by atoms with van der Waals surface area (Å²) in [5.41, 5.74) is 0. The molecular formula is C26H50O2. The second kappa shape index (κ2) is 24.2. The summed E-state index contributed by atoms with van der Waals surface area (Å²) in [5.74, 6) is -0.0137. The van der Waals surface area contributed by atoms with Crippen LogP contribution in [0.5, 0.6) is 0 Å². The lowest BCUT2D eigenvalue weighted by Crippen LogP contribution is -2.05. The molecule has 0 aromatic rings. The van der Waals surface area contributed by atoms with Crippen LogP contribution < -0.4 is 0 Å². The molecule has 0 aromatic heterocycles. The molecule has 0 spiro atoms. The number of esters is 1. The van der Waals surface area contributed by atoms with Crippen molar-refractivity contribution < 1.29 is 9.53 Å². The van der Waals surface area contributed by atoms with Crippen molar-refractivity contribution in [1.82, 2.24) is 0 Å². The summed E-state index contributed by atoms with van der Waals surface area (Å²) in [5, 5.41) is 0. The van der Waals surface area contributed by atoms with Gasteiger partial charge in [-0.05, 0) is 32.1 Å². The molecule has 2 nitrogen and oxygen atoms in total. The number of carbonyl (C=O) groups is 1. The van der Waals surface area contributed by atoms with Crippen LogP contribution in [0.2, 0.25) is 0 Å². The average molecular weight is 395 g/mol. The SMILES string of the molecule is CCCCCCCCC=CCCCC(=O)OCCCCCCCCCCCC. The molecule has 0 aliphatic rings. The molecule has 0 N–H and O–H groups in total. The molecule has 166 valence electrons. The number of rotatable bonds is 22. The molecule has 0 amide bonds.